The molecule has 0 saturated heterocycles. The Morgan fingerprint density at radius 2 is 0.849 bits per heavy atom. The molecule has 2 heterocycles. The fourth-order valence-electron chi connectivity index (χ4n) is 13.5. The topological polar surface area (TPSA) is 3.24 Å². The van der Waals surface area contributed by atoms with Crippen molar-refractivity contribution < 1.29 is 0 Å². The van der Waals surface area contributed by atoms with Crippen molar-refractivity contribution in [3.8, 4) is 55.6 Å². The van der Waals surface area contributed by atoms with Crippen LogP contribution in [-0.2, 0) is 10.8 Å². The molecule has 3 heteroatoms. The van der Waals surface area contributed by atoms with Gasteiger partial charge in [0.1, 0.15) is 0 Å². The van der Waals surface area contributed by atoms with E-state index in [2.05, 4.69) is 255 Å². The van der Waals surface area contributed by atoms with Gasteiger partial charge in [0.15, 0.2) is 0 Å². The summed E-state index contributed by atoms with van der Waals surface area (Å²) in [5.74, 6) is 0. The lowest BCUT2D eigenvalue weighted by molar-refractivity contribution is 0.660. The molecular weight excluding hydrogens is 919 g/mol. The van der Waals surface area contributed by atoms with Gasteiger partial charge < -0.3 is 4.90 Å². The number of hydrogen-bond acceptors (Lipinski definition) is 3. The highest BCUT2D eigenvalue weighted by Gasteiger charge is 2.53. The van der Waals surface area contributed by atoms with E-state index in [1.54, 1.807) is 0 Å². The molecule has 342 valence electrons. The molecule has 0 amide bonds. The molecule has 0 N–H and O–H groups in total. The maximum Gasteiger partial charge on any atom is 0.0726 e. The van der Waals surface area contributed by atoms with E-state index < -0.39 is 5.41 Å². The third-order valence-electron chi connectivity index (χ3n) is 16.7. The third kappa shape index (κ3) is 5.56. The Labute approximate surface area is 432 Å². The van der Waals surface area contributed by atoms with E-state index in [9.17, 15) is 0 Å². The average Bonchev–Trinajstić information content (AvgIpc) is 4.23. The first kappa shape index (κ1) is 41.3. The number of benzene rings is 11. The van der Waals surface area contributed by atoms with Crippen molar-refractivity contribution in [3.63, 3.8) is 0 Å². The fourth-order valence-corrected chi connectivity index (χ4v) is 16.0. The van der Waals surface area contributed by atoms with Gasteiger partial charge in [-0.1, -0.05) is 202 Å². The summed E-state index contributed by atoms with van der Waals surface area (Å²) < 4.78 is 5.35. The second-order valence-electron chi connectivity index (χ2n) is 20.6. The second-order valence-corrected chi connectivity index (χ2v) is 22.8. The molecule has 3 aliphatic rings. The van der Waals surface area contributed by atoms with Crippen LogP contribution >= 0.6 is 22.7 Å². The Morgan fingerprint density at radius 3 is 1.62 bits per heavy atom. The minimum Gasteiger partial charge on any atom is -0.310 e. The molecule has 0 aliphatic heterocycles. The van der Waals surface area contributed by atoms with Gasteiger partial charge in [0, 0.05) is 73.8 Å². The van der Waals surface area contributed by atoms with Crippen LogP contribution in [0.25, 0.3) is 96.0 Å². The molecule has 3 aliphatic carbocycles. The van der Waals surface area contributed by atoms with Crippen molar-refractivity contribution >= 4 is 80.1 Å². The molecule has 2 aromatic heterocycles. The zero-order valence-electron chi connectivity index (χ0n) is 40.3. The number of nitrogens with zero attached hydrogens (tertiary/aromatic N) is 1. The summed E-state index contributed by atoms with van der Waals surface area (Å²) in [7, 11) is 0. The van der Waals surface area contributed by atoms with Gasteiger partial charge in [-0.3, -0.25) is 0 Å². The summed E-state index contributed by atoms with van der Waals surface area (Å²) in [6.07, 6.45) is 0. The number of hydrogen-bond donors (Lipinski definition) is 0. The van der Waals surface area contributed by atoms with E-state index >= 15 is 0 Å². The van der Waals surface area contributed by atoms with Gasteiger partial charge in [0.05, 0.1) is 11.1 Å². The minimum absolute atomic E-state index is 0.151. The average molecular weight is 964 g/mol. The second kappa shape index (κ2) is 15.1. The van der Waals surface area contributed by atoms with Crippen molar-refractivity contribution in [2.24, 2.45) is 0 Å². The van der Waals surface area contributed by atoms with E-state index in [0.29, 0.717) is 0 Å². The van der Waals surface area contributed by atoms with Crippen LogP contribution in [0, 0.1) is 0 Å². The normalized spacial score (nSPS) is 15.4. The lowest BCUT2D eigenvalue weighted by atomic mass is 9.70. The maximum absolute atomic E-state index is 2.58. The van der Waals surface area contributed by atoms with Gasteiger partial charge in [-0.15, -0.1) is 22.7 Å². The molecule has 1 atom stereocenters. The number of fused-ring (bicyclic) bond motifs is 19. The quantitative estimate of drug-likeness (QED) is 0.166. The zero-order valence-corrected chi connectivity index (χ0v) is 41.9. The first-order valence-electron chi connectivity index (χ1n) is 25.4. The molecule has 0 fully saturated rings. The molecule has 1 spiro atoms. The van der Waals surface area contributed by atoms with Crippen LogP contribution in [-0.4, -0.2) is 0 Å². The van der Waals surface area contributed by atoms with Crippen molar-refractivity contribution in [1.29, 1.82) is 0 Å². The Bertz CT molecular complexity index is 4470. The summed E-state index contributed by atoms with van der Waals surface area (Å²) in [5, 5.41) is 5.31. The molecule has 1 unspecified atom stereocenters. The summed E-state index contributed by atoms with van der Waals surface area (Å²) in [5.41, 5.74) is 23.8. The smallest absolute Gasteiger partial charge is 0.0726 e. The minimum atomic E-state index is -0.534. The lowest BCUT2D eigenvalue weighted by Gasteiger charge is -2.32. The van der Waals surface area contributed by atoms with Gasteiger partial charge in [-0.2, -0.15) is 0 Å². The molecule has 16 rings (SSSR count). The standard InChI is InChI=1S/C70H45NS2/c1-69(2)57-27-10-6-19-46(57)48-38-37-45(39-61(48)69)71(44-35-33-43(34-36-44)42-17-4-3-5-18-42)63-31-16-30-60-66(63)54-22-8-12-29-59(54)70(60)58-28-11-7-20-47(58)55-40-56-53-26-15-25-52(68(53)73-65(56)41-62(55)70)51-24-14-23-50-49-21-9-13-32-64(49)72-67(50)51/h3-41H,1-2H3. The lowest BCUT2D eigenvalue weighted by Crippen LogP contribution is -2.26. The predicted molar refractivity (Wildman–Crippen MR) is 312 cm³/mol. The zero-order chi connectivity index (χ0) is 48.2. The highest BCUT2D eigenvalue weighted by Crippen LogP contribution is 2.66. The molecule has 0 radical (unpaired) electrons. The number of rotatable bonds is 5. The third-order valence-corrected chi connectivity index (χ3v) is 19.1. The van der Waals surface area contributed by atoms with Crippen LogP contribution in [0.5, 0.6) is 0 Å². The summed E-state index contributed by atoms with van der Waals surface area (Å²) in [6, 6.07) is 89.5. The van der Waals surface area contributed by atoms with E-state index in [1.807, 2.05) is 22.7 Å². The maximum atomic E-state index is 2.58. The highest BCUT2D eigenvalue weighted by molar-refractivity contribution is 7.27. The van der Waals surface area contributed by atoms with E-state index in [0.717, 1.165) is 11.4 Å². The van der Waals surface area contributed by atoms with E-state index in [-0.39, 0.29) is 5.41 Å². The Hall–Kier alpha value is -8.34. The molecule has 13 aromatic rings. The molecule has 0 saturated carbocycles. The molecule has 73 heavy (non-hydrogen) atoms. The largest absolute Gasteiger partial charge is 0.310 e. The molecule has 1 nitrogen and oxygen atoms in total. The molecular formula is C70H45NS2. The first-order chi connectivity index (χ1) is 36.0. The predicted octanol–water partition coefficient (Wildman–Crippen LogP) is 19.9. The SMILES string of the molecule is CC1(C)c2ccccc2-c2ccc(N(c3ccc(-c4ccccc4)cc3)c3cccc4c3-c3ccccc3C43c4ccccc4-c4cc5c(cc43)sc3c(-c4cccc6c4sc4ccccc46)cccc35)cc21. The van der Waals surface area contributed by atoms with Crippen molar-refractivity contribution in [2.45, 2.75) is 24.7 Å². The van der Waals surface area contributed by atoms with Crippen molar-refractivity contribution in [2.75, 3.05) is 4.90 Å². The summed E-state index contributed by atoms with van der Waals surface area (Å²) >= 11 is 3.86. The summed E-state index contributed by atoms with van der Waals surface area (Å²) in [4.78, 5) is 2.54. The van der Waals surface area contributed by atoms with Crippen LogP contribution in [0.2, 0.25) is 0 Å². The van der Waals surface area contributed by atoms with Crippen LogP contribution in [0.1, 0.15) is 47.2 Å². The molecule has 0 bridgehead atoms. The summed E-state index contributed by atoms with van der Waals surface area (Å²) in [6.45, 7) is 4.77. The van der Waals surface area contributed by atoms with Crippen molar-refractivity contribution in [1.82, 2.24) is 0 Å². The fraction of sp³-hybridized carbons (Fsp3) is 0.0571. The highest BCUT2D eigenvalue weighted by atomic mass is 32.1. The Kier molecular flexibility index (Phi) is 8.54. The monoisotopic (exact) mass is 963 g/mol. The number of anilines is 3. The van der Waals surface area contributed by atoms with Crippen LogP contribution in [0.15, 0.2) is 237 Å². The van der Waals surface area contributed by atoms with E-state index in [1.165, 1.54) is 135 Å². The van der Waals surface area contributed by atoms with Crippen molar-refractivity contribution in [3.05, 3.63) is 270 Å². The van der Waals surface area contributed by atoms with Gasteiger partial charge in [-0.25, -0.2) is 0 Å². The van der Waals surface area contributed by atoms with Crippen LogP contribution < -0.4 is 4.90 Å². The molecule has 11 aromatic carbocycles. The Morgan fingerprint density at radius 1 is 0.315 bits per heavy atom. The first-order valence-corrected chi connectivity index (χ1v) is 27.0. The van der Waals surface area contributed by atoms with E-state index in [4.69, 9.17) is 0 Å². The van der Waals surface area contributed by atoms with Crippen LogP contribution in [0.4, 0.5) is 17.1 Å². The van der Waals surface area contributed by atoms with Gasteiger partial charge in [0.2, 0.25) is 0 Å². The van der Waals surface area contributed by atoms with Crippen LogP contribution in [0.3, 0.4) is 0 Å². The van der Waals surface area contributed by atoms with Gasteiger partial charge in [-0.05, 0) is 121 Å². The van der Waals surface area contributed by atoms with Gasteiger partial charge >= 0.3 is 0 Å². The number of thiophene rings is 2. The van der Waals surface area contributed by atoms with Gasteiger partial charge in [0.25, 0.3) is 0 Å². The Balaban J connectivity index is 0.931.